The highest BCUT2D eigenvalue weighted by atomic mass is 19.1. The third kappa shape index (κ3) is 3.76. The highest BCUT2D eigenvalue weighted by molar-refractivity contribution is 6.54. The number of hydrogen-bond donors (Lipinski definition) is 0. The van der Waals surface area contributed by atoms with E-state index in [1.807, 2.05) is 27.7 Å². The number of nitrogens with zero attached hydrogens (tertiary/aromatic N) is 1. The molecule has 24 heavy (non-hydrogen) atoms. The lowest BCUT2D eigenvalue weighted by molar-refractivity contribution is -0.141. The zero-order chi connectivity index (χ0) is 18.1. The van der Waals surface area contributed by atoms with Crippen molar-refractivity contribution in [2.24, 2.45) is 0 Å². The molecule has 130 valence electrons. The second-order valence-electron chi connectivity index (χ2n) is 6.62. The van der Waals surface area contributed by atoms with E-state index in [9.17, 15) is 14.0 Å². The van der Waals surface area contributed by atoms with Gasteiger partial charge >= 0.3 is 13.1 Å². The monoisotopic (exact) mass is 337 g/mol. The Hall–Kier alpha value is -1.93. The molecule has 2 rings (SSSR count). The summed E-state index contributed by atoms with van der Waals surface area (Å²) < 4.78 is 31.4. The quantitative estimate of drug-likeness (QED) is 0.621. The number of carbonyl (C=O) groups is 1. The van der Waals surface area contributed by atoms with Gasteiger partial charge in [0.1, 0.15) is 12.3 Å². The predicted molar refractivity (Wildman–Crippen MR) is 87.9 cm³/mol. The van der Waals surface area contributed by atoms with E-state index in [1.54, 1.807) is 0 Å². The summed E-state index contributed by atoms with van der Waals surface area (Å²) in [5.41, 5.74) is -1.88. The SMILES string of the molecule is COC(=O)Cn1cc(C=C(F)B2OC(C)(C)C(C)(C)O2)ccc1=O. The first-order valence-corrected chi connectivity index (χ1v) is 7.56. The van der Waals surface area contributed by atoms with Crippen LogP contribution in [0.5, 0.6) is 0 Å². The lowest BCUT2D eigenvalue weighted by Gasteiger charge is -2.32. The van der Waals surface area contributed by atoms with Gasteiger partial charge in [0, 0.05) is 12.3 Å². The number of esters is 1. The minimum Gasteiger partial charge on any atom is -0.468 e. The highest BCUT2D eigenvalue weighted by Gasteiger charge is 2.53. The summed E-state index contributed by atoms with van der Waals surface area (Å²) in [4.78, 5) is 23.0. The predicted octanol–water partition coefficient (Wildman–Crippen LogP) is 1.96. The molecule has 0 spiro atoms. The maximum atomic E-state index is 14.5. The fourth-order valence-electron chi connectivity index (χ4n) is 2.15. The molecule has 0 atom stereocenters. The molecular formula is C16H21BFNO5. The average Bonchev–Trinajstić information content (AvgIpc) is 2.71. The second-order valence-corrected chi connectivity index (χ2v) is 6.62. The van der Waals surface area contributed by atoms with Crippen molar-refractivity contribution < 1.29 is 23.2 Å². The van der Waals surface area contributed by atoms with Gasteiger partial charge < -0.3 is 18.6 Å². The molecular weight excluding hydrogens is 316 g/mol. The summed E-state index contributed by atoms with van der Waals surface area (Å²) in [5, 5.41) is 0. The van der Waals surface area contributed by atoms with Crippen molar-refractivity contribution in [2.45, 2.75) is 45.4 Å². The molecule has 0 aliphatic carbocycles. The fourth-order valence-corrected chi connectivity index (χ4v) is 2.15. The number of methoxy groups -OCH3 is 1. The summed E-state index contributed by atoms with van der Waals surface area (Å²) >= 11 is 0. The van der Waals surface area contributed by atoms with E-state index in [-0.39, 0.29) is 12.1 Å². The number of rotatable bonds is 4. The molecule has 0 aromatic carbocycles. The molecule has 1 aromatic heterocycles. The summed E-state index contributed by atoms with van der Waals surface area (Å²) in [7, 11) is 0.116. The summed E-state index contributed by atoms with van der Waals surface area (Å²) in [6, 6.07) is 2.72. The smallest absolute Gasteiger partial charge is 0.468 e. The Balaban J connectivity index is 2.24. The van der Waals surface area contributed by atoms with Gasteiger partial charge in [-0.15, -0.1) is 0 Å². The van der Waals surface area contributed by atoms with Gasteiger partial charge in [-0.25, -0.2) is 4.39 Å². The lowest BCUT2D eigenvalue weighted by Crippen LogP contribution is -2.41. The van der Waals surface area contributed by atoms with Crippen molar-refractivity contribution in [3.63, 3.8) is 0 Å². The first-order valence-electron chi connectivity index (χ1n) is 7.56. The van der Waals surface area contributed by atoms with Crippen molar-refractivity contribution >= 4 is 19.2 Å². The molecule has 0 unspecified atom stereocenters. The Kier molecular flexibility index (Phi) is 5.01. The Morgan fingerprint density at radius 3 is 2.42 bits per heavy atom. The molecule has 1 aromatic rings. The largest absolute Gasteiger partial charge is 0.525 e. The number of pyridine rings is 1. The van der Waals surface area contributed by atoms with Crippen molar-refractivity contribution in [1.29, 1.82) is 0 Å². The van der Waals surface area contributed by atoms with Crippen LogP contribution in [0.3, 0.4) is 0 Å². The zero-order valence-corrected chi connectivity index (χ0v) is 14.5. The zero-order valence-electron chi connectivity index (χ0n) is 14.5. The van der Waals surface area contributed by atoms with Crippen molar-refractivity contribution in [3.05, 3.63) is 40.0 Å². The van der Waals surface area contributed by atoms with E-state index in [0.717, 1.165) is 4.57 Å². The molecule has 6 nitrogen and oxygen atoms in total. The van der Waals surface area contributed by atoms with E-state index >= 15 is 0 Å². The number of hydrogen-bond acceptors (Lipinski definition) is 5. The molecule has 1 aliphatic rings. The minimum atomic E-state index is -1.11. The normalized spacial score (nSPS) is 19.4. The Bertz CT molecular complexity index is 709. The van der Waals surface area contributed by atoms with Gasteiger partial charge in [-0.1, -0.05) is 0 Å². The standard InChI is InChI=1S/C16H21BFNO5/c1-15(2)16(3,4)24-17(23-15)12(18)8-11-6-7-13(20)19(9-11)10-14(21)22-5/h6-9H,10H2,1-5H3. The van der Waals surface area contributed by atoms with Crippen LogP contribution in [0.25, 0.3) is 6.08 Å². The van der Waals surface area contributed by atoms with Crippen LogP contribution in [-0.4, -0.2) is 36.0 Å². The van der Waals surface area contributed by atoms with Gasteiger partial charge in [0.15, 0.2) is 0 Å². The third-order valence-electron chi connectivity index (χ3n) is 4.32. The van der Waals surface area contributed by atoms with Gasteiger partial charge in [-0.05, 0) is 45.4 Å². The molecule has 8 heteroatoms. The summed E-state index contributed by atoms with van der Waals surface area (Å²) in [6.07, 6.45) is 2.60. The van der Waals surface area contributed by atoms with E-state index in [1.165, 1.54) is 31.5 Å². The van der Waals surface area contributed by atoms with E-state index in [4.69, 9.17) is 9.31 Å². The summed E-state index contributed by atoms with van der Waals surface area (Å²) in [5.74, 6) is -0.565. The van der Waals surface area contributed by atoms with E-state index in [2.05, 4.69) is 4.74 Å². The number of aromatic nitrogens is 1. The van der Waals surface area contributed by atoms with Crippen molar-refractivity contribution in [1.82, 2.24) is 4.57 Å². The molecule has 0 N–H and O–H groups in total. The van der Waals surface area contributed by atoms with Crippen LogP contribution in [0.2, 0.25) is 0 Å². The third-order valence-corrected chi connectivity index (χ3v) is 4.32. The van der Waals surface area contributed by atoms with Crippen molar-refractivity contribution in [2.75, 3.05) is 7.11 Å². The maximum Gasteiger partial charge on any atom is 0.525 e. The Morgan fingerprint density at radius 1 is 1.29 bits per heavy atom. The molecule has 1 saturated heterocycles. The van der Waals surface area contributed by atoms with E-state index < -0.39 is 30.0 Å². The molecule has 0 saturated carbocycles. The van der Waals surface area contributed by atoms with Gasteiger partial charge in [-0.2, -0.15) is 0 Å². The minimum absolute atomic E-state index is 0.241. The molecule has 0 bridgehead atoms. The topological polar surface area (TPSA) is 66.8 Å². The van der Waals surface area contributed by atoms with Crippen LogP contribution in [0.15, 0.2) is 28.9 Å². The highest BCUT2D eigenvalue weighted by Crippen LogP contribution is 2.38. The number of halogens is 1. The first kappa shape index (κ1) is 18.4. The Morgan fingerprint density at radius 2 is 1.88 bits per heavy atom. The van der Waals surface area contributed by atoms with Gasteiger partial charge in [0.25, 0.3) is 5.56 Å². The molecule has 0 amide bonds. The molecule has 0 radical (unpaired) electrons. The van der Waals surface area contributed by atoms with Crippen molar-refractivity contribution in [3.8, 4) is 0 Å². The number of carbonyl (C=O) groups excluding carboxylic acids is 1. The number of ether oxygens (including phenoxy) is 1. The van der Waals surface area contributed by atoms with Gasteiger partial charge in [-0.3, -0.25) is 9.59 Å². The van der Waals surface area contributed by atoms with E-state index in [0.29, 0.717) is 5.56 Å². The Labute approximate surface area is 140 Å². The fraction of sp³-hybridized carbons (Fsp3) is 0.500. The van der Waals surface area contributed by atoms with Crippen LogP contribution < -0.4 is 5.56 Å². The molecule has 1 aliphatic heterocycles. The second kappa shape index (κ2) is 6.53. The van der Waals surface area contributed by atoms with Crippen LogP contribution in [0.4, 0.5) is 4.39 Å². The average molecular weight is 337 g/mol. The molecule has 2 heterocycles. The first-order chi connectivity index (χ1) is 11.1. The lowest BCUT2D eigenvalue weighted by atomic mass is 9.87. The maximum absolute atomic E-state index is 14.5. The molecule has 1 fully saturated rings. The van der Waals surface area contributed by atoms with Crippen LogP contribution in [-0.2, 0) is 25.4 Å². The van der Waals surface area contributed by atoms with Crippen LogP contribution in [0.1, 0.15) is 33.3 Å². The van der Waals surface area contributed by atoms with Gasteiger partial charge in [0.05, 0.1) is 18.3 Å². The van der Waals surface area contributed by atoms with Crippen LogP contribution in [0, 0.1) is 0 Å². The van der Waals surface area contributed by atoms with Crippen LogP contribution >= 0.6 is 0 Å². The van der Waals surface area contributed by atoms with Gasteiger partial charge in [0.2, 0.25) is 0 Å². The summed E-state index contributed by atoms with van der Waals surface area (Å²) in [6.45, 7) is 7.08.